The second kappa shape index (κ2) is 6.81. The van der Waals surface area contributed by atoms with Gasteiger partial charge in [-0.25, -0.2) is 0 Å². The van der Waals surface area contributed by atoms with E-state index in [1.165, 1.54) is 0 Å². The highest BCUT2D eigenvalue weighted by atomic mass is 16.5. The standard InChI is InChI=1S/C11H16N2O3/c12-10-4-2-1-3-9(10)11(15)13-5-7-16-8-6-14/h1-4,14H,5-8,12H2,(H,13,15). The Morgan fingerprint density at radius 1 is 1.38 bits per heavy atom. The molecule has 5 heteroatoms. The highest BCUT2D eigenvalue weighted by molar-refractivity contribution is 5.98. The number of carbonyl (C=O) groups is 1. The van der Waals surface area contributed by atoms with Crippen LogP contribution < -0.4 is 11.1 Å². The van der Waals surface area contributed by atoms with E-state index in [2.05, 4.69) is 5.32 Å². The van der Waals surface area contributed by atoms with Gasteiger partial charge in [-0.2, -0.15) is 0 Å². The summed E-state index contributed by atoms with van der Waals surface area (Å²) in [6.45, 7) is 1.04. The van der Waals surface area contributed by atoms with Crippen LogP contribution in [0.3, 0.4) is 0 Å². The zero-order valence-corrected chi connectivity index (χ0v) is 8.98. The molecule has 0 heterocycles. The van der Waals surface area contributed by atoms with Crippen molar-refractivity contribution in [2.75, 3.05) is 32.1 Å². The van der Waals surface area contributed by atoms with Crippen LogP contribution >= 0.6 is 0 Å². The second-order valence-corrected chi connectivity index (χ2v) is 3.18. The molecule has 0 saturated heterocycles. The van der Waals surface area contributed by atoms with Gasteiger partial charge in [0.05, 0.1) is 25.4 Å². The van der Waals surface area contributed by atoms with Crippen molar-refractivity contribution >= 4 is 11.6 Å². The molecule has 0 unspecified atom stereocenters. The number of anilines is 1. The molecule has 0 radical (unpaired) electrons. The average molecular weight is 224 g/mol. The van der Waals surface area contributed by atoms with E-state index in [-0.39, 0.29) is 19.1 Å². The number of aliphatic hydroxyl groups is 1. The lowest BCUT2D eigenvalue weighted by Crippen LogP contribution is -2.28. The minimum absolute atomic E-state index is 0.0143. The maximum absolute atomic E-state index is 11.6. The van der Waals surface area contributed by atoms with Crippen LogP contribution in [0.25, 0.3) is 0 Å². The SMILES string of the molecule is Nc1ccccc1C(=O)NCCOCCO. The fraction of sp³-hybridized carbons (Fsp3) is 0.364. The Hall–Kier alpha value is -1.59. The van der Waals surface area contributed by atoms with Crippen LogP contribution in [0.1, 0.15) is 10.4 Å². The summed E-state index contributed by atoms with van der Waals surface area (Å²) >= 11 is 0. The lowest BCUT2D eigenvalue weighted by molar-refractivity contribution is 0.0838. The van der Waals surface area contributed by atoms with Gasteiger partial charge in [0, 0.05) is 12.2 Å². The van der Waals surface area contributed by atoms with Crippen molar-refractivity contribution in [3.05, 3.63) is 29.8 Å². The van der Waals surface area contributed by atoms with Crippen molar-refractivity contribution in [2.24, 2.45) is 0 Å². The van der Waals surface area contributed by atoms with Gasteiger partial charge in [0.25, 0.3) is 5.91 Å². The van der Waals surface area contributed by atoms with E-state index < -0.39 is 0 Å². The Bertz CT molecular complexity index is 342. The molecule has 0 aliphatic rings. The second-order valence-electron chi connectivity index (χ2n) is 3.18. The van der Waals surface area contributed by atoms with Crippen LogP contribution in [0, 0.1) is 0 Å². The molecule has 1 aromatic carbocycles. The topological polar surface area (TPSA) is 84.6 Å². The summed E-state index contributed by atoms with van der Waals surface area (Å²) in [5.41, 5.74) is 6.57. The fourth-order valence-corrected chi connectivity index (χ4v) is 1.20. The first-order chi connectivity index (χ1) is 7.75. The first-order valence-electron chi connectivity index (χ1n) is 5.07. The van der Waals surface area contributed by atoms with Crippen LogP contribution in [0.5, 0.6) is 0 Å². The Balaban J connectivity index is 2.33. The van der Waals surface area contributed by atoms with E-state index in [1.54, 1.807) is 24.3 Å². The number of hydrogen-bond donors (Lipinski definition) is 3. The normalized spacial score (nSPS) is 10.1. The van der Waals surface area contributed by atoms with Crippen molar-refractivity contribution in [3.63, 3.8) is 0 Å². The first-order valence-corrected chi connectivity index (χ1v) is 5.07. The monoisotopic (exact) mass is 224 g/mol. The summed E-state index contributed by atoms with van der Waals surface area (Å²) in [6.07, 6.45) is 0. The van der Waals surface area contributed by atoms with Gasteiger partial charge in [-0.15, -0.1) is 0 Å². The molecule has 0 aliphatic heterocycles. The molecular formula is C11H16N2O3. The minimum atomic E-state index is -0.217. The predicted molar refractivity (Wildman–Crippen MR) is 61.1 cm³/mol. The smallest absolute Gasteiger partial charge is 0.253 e. The molecule has 16 heavy (non-hydrogen) atoms. The average Bonchev–Trinajstić information content (AvgIpc) is 2.29. The number of benzene rings is 1. The summed E-state index contributed by atoms with van der Waals surface area (Å²) < 4.78 is 5.00. The number of nitrogen functional groups attached to an aromatic ring is 1. The summed E-state index contributed by atoms with van der Waals surface area (Å²) in [4.78, 5) is 11.6. The number of para-hydroxylation sites is 1. The van der Waals surface area contributed by atoms with E-state index in [1.807, 2.05) is 0 Å². The molecule has 1 amide bonds. The summed E-state index contributed by atoms with van der Waals surface area (Å²) in [5, 5.41) is 11.1. The molecule has 4 N–H and O–H groups in total. The summed E-state index contributed by atoms with van der Waals surface area (Å²) in [6, 6.07) is 6.88. The van der Waals surface area contributed by atoms with Gasteiger partial charge in [-0.05, 0) is 12.1 Å². The number of aliphatic hydroxyl groups excluding tert-OH is 1. The number of ether oxygens (including phenoxy) is 1. The molecule has 5 nitrogen and oxygen atoms in total. The zero-order valence-electron chi connectivity index (χ0n) is 8.98. The maximum Gasteiger partial charge on any atom is 0.253 e. The molecule has 0 aromatic heterocycles. The zero-order chi connectivity index (χ0) is 11.8. The molecule has 1 aromatic rings. The largest absolute Gasteiger partial charge is 0.398 e. The van der Waals surface area contributed by atoms with Gasteiger partial charge < -0.3 is 20.9 Å². The molecule has 0 spiro atoms. The first kappa shape index (κ1) is 12.5. The Morgan fingerprint density at radius 2 is 2.12 bits per heavy atom. The Morgan fingerprint density at radius 3 is 2.81 bits per heavy atom. The molecule has 0 bridgehead atoms. The van der Waals surface area contributed by atoms with Gasteiger partial charge in [-0.3, -0.25) is 4.79 Å². The number of carbonyl (C=O) groups excluding carboxylic acids is 1. The Labute approximate surface area is 94.2 Å². The predicted octanol–water partition coefficient (Wildman–Crippen LogP) is 0.00750. The van der Waals surface area contributed by atoms with Gasteiger partial charge in [0.15, 0.2) is 0 Å². The van der Waals surface area contributed by atoms with Crippen LogP contribution in [0.15, 0.2) is 24.3 Å². The molecule has 0 aliphatic carbocycles. The number of nitrogens with two attached hydrogens (primary N) is 1. The van der Waals surface area contributed by atoms with Gasteiger partial charge in [-0.1, -0.05) is 12.1 Å². The third kappa shape index (κ3) is 3.88. The number of amides is 1. The molecule has 0 fully saturated rings. The molecule has 88 valence electrons. The lowest BCUT2D eigenvalue weighted by Gasteiger charge is -2.07. The summed E-state index contributed by atoms with van der Waals surface area (Å²) in [7, 11) is 0. The van der Waals surface area contributed by atoms with Crippen LogP contribution in [-0.2, 0) is 4.74 Å². The van der Waals surface area contributed by atoms with Crippen molar-refractivity contribution in [1.82, 2.24) is 5.32 Å². The van der Waals surface area contributed by atoms with E-state index in [0.29, 0.717) is 24.4 Å². The summed E-state index contributed by atoms with van der Waals surface area (Å²) in [5.74, 6) is -0.217. The van der Waals surface area contributed by atoms with E-state index in [4.69, 9.17) is 15.6 Å². The maximum atomic E-state index is 11.6. The number of nitrogens with one attached hydrogen (secondary N) is 1. The number of rotatable bonds is 6. The van der Waals surface area contributed by atoms with Crippen LogP contribution in [0.4, 0.5) is 5.69 Å². The lowest BCUT2D eigenvalue weighted by atomic mass is 10.2. The highest BCUT2D eigenvalue weighted by Gasteiger charge is 2.07. The fourth-order valence-electron chi connectivity index (χ4n) is 1.20. The van der Waals surface area contributed by atoms with E-state index in [9.17, 15) is 4.79 Å². The van der Waals surface area contributed by atoms with Gasteiger partial charge >= 0.3 is 0 Å². The van der Waals surface area contributed by atoms with E-state index in [0.717, 1.165) is 0 Å². The van der Waals surface area contributed by atoms with Crippen molar-refractivity contribution < 1.29 is 14.6 Å². The third-order valence-corrected chi connectivity index (χ3v) is 1.97. The minimum Gasteiger partial charge on any atom is -0.398 e. The van der Waals surface area contributed by atoms with Crippen LogP contribution in [-0.4, -0.2) is 37.4 Å². The van der Waals surface area contributed by atoms with Crippen LogP contribution in [0.2, 0.25) is 0 Å². The highest BCUT2D eigenvalue weighted by Crippen LogP contribution is 2.09. The molecule has 0 atom stereocenters. The molecule has 0 saturated carbocycles. The number of hydrogen-bond acceptors (Lipinski definition) is 4. The molecule has 1 rings (SSSR count). The van der Waals surface area contributed by atoms with Gasteiger partial charge in [0.2, 0.25) is 0 Å². The third-order valence-electron chi connectivity index (χ3n) is 1.97. The molecular weight excluding hydrogens is 208 g/mol. The Kier molecular flexibility index (Phi) is 5.31. The van der Waals surface area contributed by atoms with E-state index >= 15 is 0 Å². The van der Waals surface area contributed by atoms with Crippen molar-refractivity contribution in [3.8, 4) is 0 Å². The van der Waals surface area contributed by atoms with Gasteiger partial charge in [0.1, 0.15) is 0 Å². The van der Waals surface area contributed by atoms with Crippen molar-refractivity contribution in [1.29, 1.82) is 0 Å². The van der Waals surface area contributed by atoms with Crippen molar-refractivity contribution in [2.45, 2.75) is 0 Å². The quantitative estimate of drug-likeness (QED) is 0.469.